The third-order valence-corrected chi connectivity index (χ3v) is 4.90. The highest BCUT2D eigenvalue weighted by Gasteiger charge is 2.42. The monoisotopic (exact) mass is 379 g/mol. The number of carbonyl (C=O) groups is 2. The lowest BCUT2D eigenvalue weighted by molar-refractivity contribution is -0.184. The van der Waals surface area contributed by atoms with Gasteiger partial charge in [-0.05, 0) is 49.9 Å². The summed E-state index contributed by atoms with van der Waals surface area (Å²) in [5, 5.41) is 5.65. The van der Waals surface area contributed by atoms with Gasteiger partial charge >= 0.3 is 18.0 Å². The highest BCUT2D eigenvalue weighted by molar-refractivity contribution is 6.40. The summed E-state index contributed by atoms with van der Waals surface area (Å²) in [6.07, 6.45) is -1.98. The lowest BCUT2D eigenvalue weighted by Gasteiger charge is -2.30. The van der Waals surface area contributed by atoms with Gasteiger partial charge in [-0.25, -0.2) is 0 Å². The van der Waals surface area contributed by atoms with Gasteiger partial charge in [0.2, 0.25) is 0 Å². The number of pyridine rings is 1. The number of aromatic nitrogens is 1. The molecule has 27 heavy (non-hydrogen) atoms. The number of fused-ring (bicyclic) bond motifs is 1. The van der Waals surface area contributed by atoms with Crippen LogP contribution in [-0.2, 0) is 9.59 Å². The molecule has 2 atom stereocenters. The first-order chi connectivity index (χ1) is 12.8. The second kappa shape index (κ2) is 7.54. The van der Waals surface area contributed by atoms with E-state index in [1.54, 1.807) is 30.5 Å². The minimum Gasteiger partial charge on any atom is -0.345 e. The van der Waals surface area contributed by atoms with Gasteiger partial charge in [0.05, 0.1) is 17.1 Å². The van der Waals surface area contributed by atoms with E-state index >= 15 is 0 Å². The van der Waals surface area contributed by atoms with Gasteiger partial charge in [-0.15, -0.1) is 0 Å². The minimum atomic E-state index is -4.28. The summed E-state index contributed by atoms with van der Waals surface area (Å²) in [4.78, 5) is 28.6. The maximum atomic E-state index is 12.9. The molecule has 5 nitrogen and oxygen atoms in total. The summed E-state index contributed by atoms with van der Waals surface area (Å²) in [5.74, 6) is -3.27. The second-order valence-electron chi connectivity index (χ2n) is 6.86. The van der Waals surface area contributed by atoms with Gasteiger partial charge in [0.15, 0.2) is 0 Å². The minimum absolute atomic E-state index is 0.0599. The van der Waals surface area contributed by atoms with Gasteiger partial charge in [0.25, 0.3) is 0 Å². The Morgan fingerprint density at radius 3 is 2.67 bits per heavy atom. The van der Waals surface area contributed by atoms with Crippen molar-refractivity contribution in [3.05, 3.63) is 36.0 Å². The van der Waals surface area contributed by atoms with Gasteiger partial charge in [-0.3, -0.25) is 14.6 Å². The molecule has 0 unspecified atom stereocenters. The van der Waals surface area contributed by atoms with Crippen molar-refractivity contribution in [1.82, 2.24) is 10.3 Å². The van der Waals surface area contributed by atoms with Crippen LogP contribution in [0.1, 0.15) is 31.2 Å². The molecule has 1 aromatic heterocycles. The molecular weight excluding hydrogens is 359 g/mol. The Morgan fingerprint density at radius 2 is 1.93 bits per heavy atom. The largest absolute Gasteiger partial charge is 0.391 e. The zero-order chi connectivity index (χ0) is 19.6. The lowest BCUT2D eigenvalue weighted by Crippen LogP contribution is -2.45. The molecular formula is C19H20F3N3O2. The molecule has 1 heterocycles. The summed E-state index contributed by atoms with van der Waals surface area (Å²) in [6.45, 7) is 1.88. The van der Waals surface area contributed by atoms with E-state index in [9.17, 15) is 22.8 Å². The van der Waals surface area contributed by atoms with Crippen molar-refractivity contribution in [2.45, 2.75) is 44.8 Å². The van der Waals surface area contributed by atoms with Crippen molar-refractivity contribution in [2.24, 2.45) is 5.92 Å². The molecule has 1 aliphatic carbocycles. The predicted molar refractivity (Wildman–Crippen MR) is 95.1 cm³/mol. The van der Waals surface area contributed by atoms with E-state index in [-0.39, 0.29) is 12.8 Å². The number of benzene rings is 1. The molecule has 8 heteroatoms. The third kappa shape index (κ3) is 4.37. The molecule has 2 amide bonds. The molecule has 0 radical (unpaired) electrons. The number of carbonyl (C=O) groups excluding carboxylic acids is 2. The van der Waals surface area contributed by atoms with Gasteiger partial charge in [0.1, 0.15) is 0 Å². The Labute approximate surface area is 154 Å². The standard InChI is InChI=1S/C19H20F3N3O2/c1-11-7-8-15(14-6-3-9-23-16(11)14)25-18(27)17(26)24-13-5-2-4-12(10-13)19(20,21)22/h3,6-9,12-13H,2,4-5,10H2,1H3,(H,24,26)(H,25,27)/t12-,13-/m1/s1. The van der Waals surface area contributed by atoms with Crippen molar-refractivity contribution >= 4 is 28.4 Å². The number of hydrogen-bond donors (Lipinski definition) is 2. The van der Waals surface area contributed by atoms with Crippen LogP contribution in [0, 0.1) is 12.8 Å². The normalized spacial score (nSPS) is 20.3. The van der Waals surface area contributed by atoms with E-state index in [1.807, 2.05) is 6.92 Å². The van der Waals surface area contributed by atoms with E-state index in [0.29, 0.717) is 29.4 Å². The van der Waals surface area contributed by atoms with Gasteiger partial charge in [-0.1, -0.05) is 12.5 Å². The molecule has 0 bridgehead atoms. The number of halogens is 3. The molecule has 1 aliphatic rings. The quantitative estimate of drug-likeness (QED) is 0.782. The zero-order valence-electron chi connectivity index (χ0n) is 14.8. The van der Waals surface area contributed by atoms with Crippen molar-refractivity contribution in [2.75, 3.05) is 5.32 Å². The number of hydrogen-bond acceptors (Lipinski definition) is 3. The average molecular weight is 379 g/mol. The van der Waals surface area contributed by atoms with Crippen molar-refractivity contribution < 1.29 is 22.8 Å². The fourth-order valence-electron chi connectivity index (χ4n) is 3.47. The summed E-state index contributed by atoms with van der Waals surface area (Å²) < 4.78 is 38.6. The van der Waals surface area contributed by atoms with Crippen molar-refractivity contribution in [3.63, 3.8) is 0 Å². The van der Waals surface area contributed by atoms with E-state index < -0.39 is 30.0 Å². The number of aryl methyl sites for hydroxylation is 1. The third-order valence-electron chi connectivity index (χ3n) is 4.90. The van der Waals surface area contributed by atoms with Crippen LogP contribution in [0.5, 0.6) is 0 Å². The summed E-state index contributed by atoms with van der Waals surface area (Å²) in [5.41, 5.74) is 2.06. The first-order valence-electron chi connectivity index (χ1n) is 8.78. The number of nitrogens with zero attached hydrogens (tertiary/aromatic N) is 1. The fourth-order valence-corrected chi connectivity index (χ4v) is 3.47. The van der Waals surface area contributed by atoms with Crippen LogP contribution in [0.25, 0.3) is 10.9 Å². The van der Waals surface area contributed by atoms with E-state index in [0.717, 1.165) is 5.56 Å². The Bertz CT molecular complexity index is 867. The summed E-state index contributed by atoms with van der Waals surface area (Å²) in [6, 6.07) is 6.29. The first kappa shape index (κ1) is 19.1. The van der Waals surface area contributed by atoms with Crippen LogP contribution in [-0.4, -0.2) is 29.0 Å². The van der Waals surface area contributed by atoms with E-state index in [1.165, 1.54) is 0 Å². The molecule has 2 N–H and O–H groups in total. The Morgan fingerprint density at radius 1 is 1.15 bits per heavy atom. The van der Waals surface area contributed by atoms with Crippen LogP contribution in [0.4, 0.5) is 18.9 Å². The van der Waals surface area contributed by atoms with Crippen LogP contribution in [0.2, 0.25) is 0 Å². The highest BCUT2D eigenvalue weighted by Crippen LogP contribution is 2.37. The maximum Gasteiger partial charge on any atom is 0.391 e. The number of nitrogens with one attached hydrogen (secondary N) is 2. The van der Waals surface area contributed by atoms with Crippen molar-refractivity contribution in [3.8, 4) is 0 Å². The molecule has 1 aromatic carbocycles. The predicted octanol–water partition coefficient (Wildman–Crippen LogP) is 3.72. The smallest absolute Gasteiger partial charge is 0.345 e. The summed E-state index contributed by atoms with van der Waals surface area (Å²) in [7, 11) is 0. The van der Waals surface area contributed by atoms with Crippen LogP contribution in [0.15, 0.2) is 30.5 Å². The lowest BCUT2D eigenvalue weighted by atomic mass is 9.85. The first-order valence-corrected chi connectivity index (χ1v) is 8.78. The van der Waals surface area contributed by atoms with Gasteiger partial charge in [0, 0.05) is 17.6 Å². The number of rotatable bonds is 2. The molecule has 2 aromatic rings. The van der Waals surface area contributed by atoms with Crippen molar-refractivity contribution in [1.29, 1.82) is 0 Å². The highest BCUT2D eigenvalue weighted by atomic mass is 19.4. The van der Waals surface area contributed by atoms with Gasteiger partial charge in [-0.2, -0.15) is 13.2 Å². The SMILES string of the molecule is Cc1ccc(NC(=O)C(=O)N[C@@H]2CCC[C@@H](C(F)(F)F)C2)c2cccnc12. The summed E-state index contributed by atoms with van der Waals surface area (Å²) >= 11 is 0. The van der Waals surface area contributed by atoms with Crippen LogP contribution >= 0.6 is 0 Å². The molecule has 1 saturated carbocycles. The molecule has 144 valence electrons. The molecule has 0 saturated heterocycles. The molecule has 1 fully saturated rings. The van der Waals surface area contributed by atoms with Crippen LogP contribution < -0.4 is 10.6 Å². The Kier molecular flexibility index (Phi) is 5.34. The van der Waals surface area contributed by atoms with Gasteiger partial charge < -0.3 is 10.6 Å². The Balaban J connectivity index is 1.67. The fraction of sp³-hybridized carbons (Fsp3) is 0.421. The Hall–Kier alpha value is -2.64. The number of alkyl halides is 3. The number of anilines is 1. The topological polar surface area (TPSA) is 71.1 Å². The van der Waals surface area contributed by atoms with E-state index in [2.05, 4.69) is 15.6 Å². The number of amides is 2. The van der Waals surface area contributed by atoms with E-state index in [4.69, 9.17) is 0 Å². The second-order valence-corrected chi connectivity index (χ2v) is 6.86. The van der Waals surface area contributed by atoms with Crippen LogP contribution in [0.3, 0.4) is 0 Å². The average Bonchev–Trinajstić information content (AvgIpc) is 2.63. The molecule has 0 aliphatic heterocycles. The molecule has 0 spiro atoms. The zero-order valence-corrected chi connectivity index (χ0v) is 14.8. The molecule has 3 rings (SSSR count). The maximum absolute atomic E-state index is 12.9.